The summed E-state index contributed by atoms with van der Waals surface area (Å²) in [6.45, 7) is 17.5. The number of alkyl halides is 5. The molecule has 14 atom stereocenters. The fraction of sp³-hybridized carbons (Fsp3) is 0.800. The van der Waals surface area contributed by atoms with Crippen molar-refractivity contribution in [3.63, 3.8) is 0 Å². The number of amides is 5. The molecule has 1 saturated heterocycles. The van der Waals surface area contributed by atoms with Crippen LogP contribution in [0.5, 0.6) is 0 Å². The van der Waals surface area contributed by atoms with Gasteiger partial charge in [-0.15, -0.1) is 0 Å². The normalized spacial score (nSPS) is 29.6. The molecule has 3 aliphatic rings. The molecule has 0 bridgehead atoms. The highest BCUT2D eigenvalue weighted by molar-refractivity contribution is 5.82. The Labute approximate surface area is 409 Å². The fourth-order valence-corrected chi connectivity index (χ4v) is 7.59. The summed E-state index contributed by atoms with van der Waals surface area (Å²) in [5.74, 6) is -6.38. The highest BCUT2D eigenvalue weighted by Gasteiger charge is 2.57. The lowest BCUT2D eigenvalue weighted by Crippen LogP contribution is -2.70. The van der Waals surface area contributed by atoms with Crippen LogP contribution in [0.4, 0.5) is 36.3 Å². The number of carbonyl (C=O) groups is 7. The van der Waals surface area contributed by atoms with E-state index < -0.39 is 164 Å². The van der Waals surface area contributed by atoms with Crippen LogP contribution in [0.1, 0.15) is 109 Å². The SMILES string of the molecule is CCC[C@H](C)C(=O)N[C@@H]1C[C@H](NC(=O)OC(C)(C)C)C(O[C@@H]2OC(CNC(=O)OC(C)(C)C)C=CC2NC(=O)OC(C)(C)C)C(F)[C@@H]1O[C@@H]1OC(CF)[C@H](OC(C)=O)[C@H](NC(=O)C(F)(F)F)C1OC(C)=O. The van der Waals surface area contributed by atoms with Crippen LogP contribution in [0, 0.1) is 5.92 Å². The third-order valence-corrected chi connectivity index (χ3v) is 10.3. The van der Waals surface area contributed by atoms with E-state index in [0.29, 0.717) is 12.8 Å². The minimum atomic E-state index is -5.59. The van der Waals surface area contributed by atoms with Gasteiger partial charge in [0.25, 0.3) is 0 Å². The van der Waals surface area contributed by atoms with Gasteiger partial charge in [0.1, 0.15) is 53.9 Å². The van der Waals surface area contributed by atoms with Gasteiger partial charge in [0.15, 0.2) is 31.0 Å². The number of esters is 2. The van der Waals surface area contributed by atoms with Gasteiger partial charge >= 0.3 is 42.3 Å². The number of nitrogens with one attached hydrogen (secondary N) is 5. The summed E-state index contributed by atoms with van der Waals surface area (Å²) in [6.07, 6.45) is -23.3. The molecule has 0 radical (unpaired) electrons. The Morgan fingerprint density at radius 2 is 1.18 bits per heavy atom. The predicted molar refractivity (Wildman–Crippen MR) is 237 cm³/mol. The second-order valence-electron chi connectivity index (χ2n) is 20.3. The van der Waals surface area contributed by atoms with E-state index in [0.717, 1.165) is 13.8 Å². The molecule has 6 unspecified atom stereocenters. The number of hydrogen-bond acceptors (Lipinski definition) is 16. The van der Waals surface area contributed by atoms with Crippen molar-refractivity contribution < 1.29 is 98.1 Å². The average Bonchev–Trinajstić information content (AvgIpc) is 3.19. The minimum Gasteiger partial charge on any atom is -0.457 e. The van der Waals surface area contributed by atoms with Crippen LogP contribution in [-0.2, 0) is 61.8 Å². The van der Waals surface area contributed by atoms with Crippen LogP contribution in [-0.4, -0.2) is 158 Å². The van der Waals surface area contributed by atoms with Crippen LogP contribution in [0.3, 0.4) is 0 Å². The molecular formula is C45H70F5N5O16. The van der Waals surface area contributed by atoms with Crippen LogP contribution in [0.2, 0.25) is 0 Å². The Morgan fingerprint density at radius 1 is 0.676 bits per heavy atom. The average molecular weight is 1030 g/mol. The maximum atomic E-state index is 18.1. The second-order valence-corrected chi connectivity index (χ2v) is 20.3. The van der Waals surface area contributed by atoms with E-state index in [1.54, 1.807) is 81.5 Å². The predicted octanol–water partition coefficient (Wildman–Crippen LogP) is 4.62. The van der Waals surface area contributed by atoms with Crippen molar-refractivity contribution in [2.45, 2.75) is 212 Å². The van der Waals surface area contributed by atoms with Crippen molar-refractivity contribution in [1.29, 1.82) is 0 Å². The zero-order chi connectivity index (χ0) is 54.0. The molecule has 2 heterocycles. The molecule has 5 N–H and O–H groups in total. The first-order valence-corrected chi connectivity index (χ1v) is 23.1. The van der Waals surface area contributed by atoms with Gasteiger partial charge in [0, 0.05) is 19.8 Å². The summed E-state index contributed by atoms with van der Waals surface area (Å²) in [6, 6.07) is -6.58. The van der Waals surface area contributed by atoms with Crippen LogP contribution in [0.25, 0.3) is 0 Å². The maximum Gasteiger partial charge on any atom is 0.471 e. The van der Waals surface area contributed by atoms with Gasteiger partial charge in [-0.2, -0.15) is 13.2 Å². The van der Waals surface area contributed by atoms with Gasteiger partial charge < -0.3 is 69.2 Å². The molecule has 3 rings (SSSR count). The lowest BCUT2D eigenvalue weighted by molar-refractivity contribution is -0.311. The monoisotopic (exact) mass is 1030 g/mol. The first-order valence-electron chi connectivity index (χ1n) is 23.1. The lowest BCUT2D eigenvalue weighted by Gasteiger charge is -2.49. The molecule has 21 nitrogen and oxygen atoms in total. The summed E-state index contributed by atoms with van der Waals surface area (Å²) < 4.78 is 125. The summed E-state index contributed by atoms with van der Waals surface area (Å²) >= 11 is 0. The van der Waals surface area contributed by atoms with Crippen LogP contribution < -0.4 is 26.6 Å². The summed E-state index contributed by atoms with van der Waals surface area (Å²) in [7, 11) is 0. The van der Waals surface area contributed by atoms with Crippen molar-refractivity contribution in [3.8, 4) is 0 Å². The van der Waals surface area contributed by atoms with Gasteiger partial charge in [0.05, 0.1) is 24.7 Å². The smallest absolute Gasteiger partial charge is 0.457 e. The number of alkyl carbamates (subject to hydrolysis) is 3. The standard InChI is InChI=1S/C45H70F5N5O16/c1-14-15-21(2)35(58)52-26-18-27(54-41(62)71-44(11,12)13)32(67-36-25(53-40(61)70-43(8,9)10)17-16-24(65-36)20-51-39(60)69-42(5,6)7)29(47)31(26)68-37-34(64-23(4)57)30(55-38(59)45(48,49)50)33(63-22(3)56)28(19-46)66-37/h16-17,21,24-34,36-37H,14-15,18-20H2,1-13H3,(H,51,60)(H,52,58)(H,53,61)(H,54,62)(H,55,59)/t21-,24?,25?,26+,27-,28?,29?,30-,31+,32?,33-,34?,36-,37-/m0/s1. The van der Waals surface area contributed by atoms with Crippen molar-refractivity contribution >= 4 is 42.0 Å². The molecule has 0 aromatic rings. The fourth-order valence-electron chi connectivity index (χ4n) is 7.59. The van der Waals surface area contributed by atoms with Gasteiger partial charge in [-0.25, -0.2) is 23.2 Å². The number of hydrogen-bond donors (Lipinski definition) is 5. The van der Waals surface area contributed by atoms with Gasteiger partial charge in [-0.3, -0.25) is 19.2 Å². The Hall–Kier alpha value is -5.08. The molecule has 0 aromatic heterocycles. The number of halogens is 5. The van der Waals surface area contributed by atoms with E-state index in [1.165, 1.54) is 12.2 Å². The second kappa shape index (κ2) is 25.0. The van der Waals surface area contributed by atoms with Crippen molar-refractivity contribution in [2.75, 3.05) is 13.2 Å². The quantitative estimate of drug-likeness (QED) is 0.0612. The van der Waals surface area contributed by atoms with Crippen molar-refractivity contribution in [3.05, 3.63) is 12.2 Å². The van der Waals surface area contributed by atoms with E-state index >= 15 is 4.39 Å². The first kappa shape index (κ1) is 60.2. The first-order chi connectivity index (χ1) is 32.6. The molecule has 2 fully saturated rings. The number of rotatable bonds is 16. The maximum absolute atomic E-state index is 18.1. The van der Waals surface area contributed by atoms with Crippen LogP contribution in [0.15, 0.2) is 12.2 Å². The molecule has 0 spiro atoms. The van der Waals surface area contributed by atoms with Gasteiger partial charge in [-0.1, -0.05) is 32.4 Å². The van der Waals surface area contributed by atoms with E-state index in [4.69, 9.17) is 42.6 Å². The molecule has 26 heteroatoms. The van der Waals surface area contributed by atoms with E-state index in [1.807, 2.05) is 0 Å². The number of ether oxygens (including phenoxy) is 9. The summed E-state index contributed by atoms with van der Waals surface area (Å²) in [5.41, 5.74) is -2.99. The molecule has 2 aliphatic heterocycles. The highest BCUT2D eigenvalue weighted by Crippen LogP contribution is 2.36. The van der Waals surface area contributed by atoms with Crippen LogP contribution >= 0.6 is 0 Å². The van der Waals surface area contributed by atoms with Crippen molar-refractivity contribution in [2.24, 2.45) is 5.92 Å². The van der Waals surface area contributed by atoms with Gasteiger partial charge in [0.2, 0.25) is 5.91 Å². The number of carbonyl (C=O) groups excluding carboxylic acids is 7. The lowest BCUT2D eigenvalue weighted by atomic mass is 9.83. The van der Waals surface area contributed by atoms with Crippen molar-refractivity contribution in [1.82, 2.24) is 26.6 Å². The van der Waals surface area contributed by atoms with Gasteiger partial charge in [-0.05, 0) is 75.2 Å². The van der Waals surface area contributed by atoms with E-state index in [2.05, 4.69) is 21.3 Å². The summed E-state index contributed by atoms with van der Waals surface area (Å²) in [4.78, 5) is 90.3. The third kappa shape index (κ3) is 19.5. The topological polar surface area (TPSA) is 263 Å². The van der Waals surface area contributed by atoms with E-state index in [-0.39, 0.29) is 6.54 Å². The Kier molecular flexibility index (Phi) is 21.2. The molecule has 406 valence electrons. The summed E-state index contributed by atoms with van der Waals surface area (Å²) in [5, 5.41) is 11.9. The molecule has 0 aromatic carbocycles. The molecular weight excluding hydrogens is 962 g/mol. The molecule has 1 saturated carbocycles. The largest absolute Gasteiger partial charge is 0.471 e. The Balaban J connectivity index is 2.24. The van der Waals surface area contributed by atoms with E-state index in [9.17, 15) is 51.1 Å². The highest BCUT2D eigenvalue weighted by atomic mass is 19.4. The zero-order valence-electron chi connectivity index (χ0n) is 42.2. The Morgan fingerprint density at radius 3 is 1.69 bits per heavy atom. The molecule has 71 heavy (non-hydrogen) atoms. The third-order valence-electron chi connectivity index (χ3n) is 10.3. The molecule has 5 amide bonds. The molecule has 1 aliphatic carbocycles. The minimum absolute atomic E-state index is 0.254. The zero-order valence-corrected chi connectivity index (χ0v) is 42.2. The Bertz CT molecular complexity index is 1890.